The van der Waals surface area contributed by atoms with Crippen molar-refractivity contribution in [1.29, 1.82) is 0 Å². The van der Waals surface area contributed by atoms with Crippen LogP contribution < -0.4 is 0 Å². The lowest BCUT2D eigenvalue weighted by Gasteiger charge is -2.56. The third-order valence-electron chi connectivity index (χ3n) is 7.32. The van der Waals surface area contributed by atoms with Crippen LogP contribution in [0.5, 0.6) is 0 Å². The molecule has 1 aromatic carbocycles. The number of likely N-dealkylation sites (tertiary alicyclic amines) is 1. The first-order chi connectivity index (χ1) is 11.3. The zero-order chi connectivity index (χ0) is 17.6. The number of rotatable bonds is 4. The van der Waals surface area contributed by atoms with Crippen LogP contribution >= 0.6 is 0 Å². The predicted molar refractivity (Wildman–Crippen MR) is 98.7 cm³/mol. The topological polar surface area (TPSA) is 32.3 Å². The Morgan fingerprint density at radius 2 is 1.83 bits per heavy atom. The molecule has 24 heavy (non-hydrogen) atoms. The number of hydrogen-bond donors (Lipinski definition) is 0. The van der Waals surface area contributed by atoms with Gasteiger partial charge in [-0.3, -0.25) is 0 Å². The number of hydroxylamine groups is 3. The third kappa shape index (κ3) is 2.53. The van der Waals surface area contributed by atoms with Crippen LogP contribution in [0.25, 0.3) is 0 Å². The SMILES string of the molecule is COC[C@@H]1CCC[N+]1([O-])C1CCC(C)(C)[C@@]1(C)c1ccc(C)cc1. The van der Waals surface area contributed by atoms with E-state index in [1.165, 1.54) is 11.1 Å². The smallest absolute Gasteiger partial charge is 0.113 e. The Morgan fingerprint density at radius 3 is 2.46 bits per heavy atom. The highest BCUT2D eigenvalue weighted by Crippen LogP contribution is 2.58. The molecule has 1 saturated heterocycles. The molecule has 0 spiro atoms. The van der Waals surface area contributed by atoms with Crippen LogP contribution in [0.3, 0.4) is 0 Å². The molecular weight excluding hydrogens is 298 g/mol. The lowest BCUT2D eigenvalue weighted by atomic mass is 9.63. The van der Waals surface area contributed by atoms with Gasteiger partial charge in [-0.25, -0.2) is 0 Å². The molecule has 3 nitrogen and oxygen atoms in total. The van der Waals surface area contributed by atoms with Gasteiger partial charge in [0.2, 0.25) is 0 Å². The summed E-state index contributed by atoms with van der Waals surface area (Å²) in [6, 6.07) is 9.11. The van der Waals surface area contributed by atoms with E-state index in [1.54, 1.807) is 7.11 Å². The summed E-state index contributed by atoms with van der Waals surface area (Å²) in [4.78, 5) is 0. The van der Waals surface area contributed by atoms with Gasteiger partial charge in [-0.1, -0.05) is 43.7 Å². The van der Waals surface area contributed by atoms with Gasteiger partial charge in [0.15, 0.2) is 0 Å². The van der Waals surface area contributed by atoms with Crippen LogP contribution in [0, 0.1) is 17.5 Å². The predicted octanol–water partition coefficient (Wildman–Crippen LogP) is 4.56. The summed E-state index contributed by atoms with van der Waals surface area (Å²) in [7, 11) is 1.72. The number of aryl methyl sites for hydroxylation is 1. The second kappa shape index (κ2) is 6.12. The second-order valence-electron chi connectivity index (χ2n) is 8.84. The molecule has 4 atom stereocenters. The molecule has 0 amide bonds. The Balaban J connectivity index is 2.05. The van der Waals surface area contributed by atoms with Gasteiger partial charge in [-0.05, 0) is 31.2 Å². The molecule has 1 aliphatic heterocycles. The number of benzene rings is 1. The lowest BCUT2D eigenvalue weighted by molar-refractivity contribution is -0.921. The van der Waals surface area contributed by atoms with E-state index in [1.807, 2.05) is 0 Å². The van der Waals surface area contributed by atoms with E-state index in [0.29, 0.717) is 6.61 Å². The largest absolute Gasteiger partial charge is 0.632 e. The molecule has 1 aliphatic carbocycles. The summed E-state index contributed by atoms with van der Waals surface area (Å²) in [5.41, 5.74) is 2.64. The van der Waals surface area contributed by atoms with Crippen molar-refractivity contribution in [2.24, 2.45) is 5.41 Å². The van der Waals surface area contributed by atoms with Crippen LogP contribution in [-0.4, -0.2) is 37.0 Å². The Kier molecular flexibility index (Phi) is 4.57. The highest BCUT2D eigenvalue weighted by molar-refractivity contribution is 5.33. The molecule has 2 aliphatic rings. The van der Waals surface area contributed by atoms with Crippen molar-refractivity contribution in [2.75, 3.05) is 20.3 Å². The van der Waals surface area contributed by atoms with Gasteiger partial charge in [0.25, 0.3) is 0 Å². The number of methoxy groups -OCH3 is 1. The average molecular weight is 332 g/mol. The Bertz CT molecular complexity index is 582. The summed E-state index contributed by atoms with van der Waals surface area (Å²) in [5.74, 6) is 0. The maximum atomic E-state index is 14.0. The number of nitrogens with zero attached hydrogens (tertiary/aromatic N) is 1. The third-order valence-corrected chi connectivity index (χ3v) is 7.32. The molecule has 3 heteroatoms. The second-order valence-corrected chi connectivity index (χ2v) is 8.84. The first-order valence-electron chi connectivity index (χ1n) is 9.40. The number of hydrogen-bond acceptors (Lipinski definition) is 2. The molecule has 0 aromatic heterocycles. The van der Waals surface area contributed by atoms with Crippen LogP contribution in [0.4, 0.5) is 0 Å². The molecule has 0 bridgehead atoms. The first-order valence-corrected chi connectivity index (χ1v) is 9.40. The van der Waals surface area contributed by atoms with Crippen molar-refractivity contribution in [3.05, 3.63) is 40.6 Å². The minimum atomic E-state index is -0.0984. The van der Waals surface area contributed by atoms with E-state index >= 15 is 0 Å². The van der Waals surface area contributed by atoms with Gasteiger partial charge in [-0.15, -0.1) is 0 Å². The minimum absolute atomic E-state index is 0.0539. The van der Waals surface area contributed by atoms with Gasteiger partial charge in [0.1, 0.15) is 6.04 Å². The molecule has 1 heterocycles. The van der Waals surface area contributed by atoms with Crippen molar-refractivity contribution >= 4 is 0 Å². The fraction of sp³-hybridized carbons (Fsp3) is 0.714. The quantitative estimate of drug-likeness (QED) is 0.598. The molecule has 0 radical (unpaired) electrons. The fourth-order valence-electron chi connectivity index (χ4n) is 5.42. The fourth-order valence-corrected chi connectivity index (χ4v) is 5.42. The zero-order valence-electron chi connectivity index (χ0n) is 16.0. The average Bonchev–Trinajstić information content (AvgIpc) is 3.00. The zero-order valence-corrected chi connectivity index (χ0v) is 16.0. The van der Waals surface area contributed by atoms with Crippen LogP contribution in [0.15, 0.2) is 24.3 Å². The van der Waals surface area contributed by atoms with Crippen LogP contribution in [0.1, 0.15) is 57.6 Å². The lowest BCUT2D eigenvalue weighted by Crippen LogP contribution is -2.62. The first kappa shape index (κ1) is 17.9. The summed E-state index contributed by atoms with van der Waals surface area (Å²) in [5, 5.41) is 14.0. The molecule has 2 unspecified atom stereocenters. The molecule has 0 N–H and O–H groups in total. The van der Waals surface area contributed by atoms with E-state index in [9.17, 15) is 5.21 Å². The van der Waals surface area contributed by atoms with Crippen LogP contribution in [0.2, 0.25) is 0 Å². The van der Waals surface area contributed by atoms with Crippen molar-refractivity contribution < 1.29 is 9.38 Å². The van der Waals surface area contributed by atoms with E-state index in [4.69, 9.17) is 4.74 Å². The number of quaternary nitrogens is 1. The van der Waals surface area contributed by atoms with Crippen molar-refractivity contribution in [3.8, 4) is 0 Å². The minimum Gasteiger partial charge on any atom is -0.632 e. The highest BCUT2D eigenvalue weighted by atomic mass is 16.6. The summed E-state index contributed by atoms with van der Waals surface area (Å²) in [6.07, 6.45) is 4.15. The molecule has 134 valence electrons. The summed E-state index contributed by atoms with van der Waals surface area (Å²) in [6.45, 7) is 10.5. The van der Waals surface area contributed by atoms with Gasteiger partial charge < -0.3 is 14.6 Å². The Morgan fingerprint density at radius 1 is 1.17 bits per heavy atom. The van der Waals surface area contributed by atoms with E-state index < -0.39 is 0 Å². The molecule has 2 fully saturated rings. The highest BCUT2D eigenvalue weighted by Gasteiger charge is 2.60. The normalized spacial score (nSPS) is 38.6. The summed E-state index contributed by atoms with van der Waals surface area (Å²) < 4.78 is 5.35. The molecule has 1 saturated carbocycles. The Labute approximate surface area is 147 Å². The van der Waals surface area contributed by atoms with Crippen molar-refractivity contribution in [2.45, 2.75) is 70.9 Å². The maximum absolute atomic E-state index is 14.0. The molecule has 3 rings (SSSR count). The van der Waals surface area contributed by atoms with E-state index in [0.717, 1.165) is 32.2 Å². The standard InChI is InChI=1S/C21H33NO2/c1-16-8-10-17(11-9-16)21(4)19(12-13-20(21,2)3)22(23)14-6-7-18(22)15-24-5/h8-11,18-19H,6-7,12-15H2,1-5H3/t18-,19?,21-,22?/m0/s1. The molecule has 1 aromatic rings. The van der Waals surface area contributed by atoms with E-state index in [-0.39, 0.29) is 27.6 Å². The van der Waals surface area contributed by atoms with Gasteiger partial charge in [-0.2, -0.15) is 0 Å². The monoisotopic (exact) mass is 331 g/mol. The number of ether oxygens (including phenoxy) is 1. The maximum Gasteiger partial charge on any atom is 0.113 e. The van der Waals surface area contributed by atoms with Gasteiger partial charge in [0.05, 0.1) is 19.2 Å². The van der Waals surface area contributed by atoms with Crippen molar-refractivity contribution in [3.63, 3.8) is 0 Å². The van der Waals surface area contributed by atoms with Crippen LogP contribution in [-0.2, 0) is 10.2 Å². The molecular formula is C21H33NO2. The van der Waals surface area contributed by atoms with Gasteiger partial charge >= 0.3 is 0 Å². The van der Waals surface area contributed by atoms with Crippen molar-refractivity contribution in [1.82, 2.24) is 0 Å². The summed E-state index contributed by atoms with van der Waals surface area (Å²) >= 11 is 0. The Hall–Kier alpha value is -0.900. The van der Waals surface area contributed by atoms with E-state index in [2.05, 4.69) is 52.0 Å². The van der Waals surface area contributed by atoms with Gasteiger partial charge in [0, 0.05) is 31.8 Å².